The van der Waals surface area contributed by atoms with E-state index in [0.717, 1.165) is 16.7 Å². The molecule has 0 aromatic heterocycles. The van der Waals surface area contributed by atoms with Gasteiger partial charge in [0.25, 0.3) is 0 Å². The molecule has 3 rings (SSSR count). The predicted octanol–water partition coefficient (Wildman–Crippen LogP) is 5.36. The van der Waals surface area contributed by atoms with E-state index in [1.807, 2.05) is 51.1 Å². The Balaban J connectivity index is 1.87. The van der Waals surface area contributed by atoms with Crippen LogP contribution in [0.2, 0.25) is 0 Å². The number of rotatable bonds is 4. The maximum atomic E-state index is 13.4. The van der Waals surface area contributed by atoms with Crippen molar-refractivity contribution in [3.05, 3.63) is 71.3 Å². The van der Waals surface area contributed by atoms with Crippen LogP contribution in [0.25, 0.3) is 5.57 Å². The Morgan fingerprint density at radius 3 is 2.00 bits per heavy atom. The second-order valence-corrected chi connectivity index (χ2v) is 8.37. The van der Waals surface area contributed by atoms with Gasteiger partial charge < -0.3 is 14.4 Å². The zero-order valence-electron chi connectivity index (χ0n) is 18.1. The van der Waals surface area contributed by atoms with Crippen LogP contribution < -0.4 is 4.74 Å². The van der Waals surface area contributed by atoms with E-state index >= 15 is 0 Å². The van der Waals surface area contributed by atoms with Crippen molar-refractivity contribution in [2.24, 2.45) is 0 Å². The molecular weight excluding hydrogens is 378 g/mol. The number of likely N-dealkylation sites (tertiary alicyclic amines) is 1. The fourth-order valence-corrected chi connectivity index (χ4v) is 3.52. The minimum Gasteiger partial charge on any atom is -0.497 e. The first kappa shape index (κ1) is 21.6. The van der Waals surface area contributed by atoms with Crippen LogP contribution in [0.1, 0.15) is 49.5 Å². The van der Waals surface area contributed by atoms with Gasteiger partial charge in [-0.05, 0) is 63.4 Å². The number of carbonyl (C=O) groups excluding carboxylic acids is 2. The van der Waals surface area contributed by atoms with Crippen molar-refractivity contribution in [2.45, 2.75) is 39.2 Å². The molecule has 1 amide bonds. The summed E-state index contributed by atoms with van der Waals surface area (Å²) in [5.74, 6) is 0.704. The van der Waals surface area contributed by atoms with Gasteiger partial charge in [-0.25, -0.2) is 4.79 Å². The fourth-order valence-electron chi connectivity index (χ4n) is 3.52. The van der Waals surface area contributed by atoms with Gasteiger partial charge in [-0.2, -0.15) is 0 Å². The smallest absolute Gasteiger partial charge is 0.410 e. The predicted molar refractivity (Wildman–Crippen MR) is 118 cm³/mol. The maximum absolute atomic E-state index is 13.4. The van der Waals surface area contributed by atoms with E-state index < -0.39 is 5.60 Å². The summed E-state index contributed by atoms with van der Waals surface area (Å²) < 4.78 is 10.7. The molecule has 0 atom stereocenters. The van der Waals surface area contributed by atoms with E-state index in [1.165, 1.54) is 0 Å². The van der Waals surface area contributed by atoms with Crippen LogP contribution >= 0.6 is 0 Å². The highest BCUT2D eigenvalue weighted by atomic mass is 16.6. The zero-order chi connectivity index (χ0) is 21.7. The normalized spacial score (nSPS) is 14.3. The molecule has 0 bridgehead atoms. The number of hydrogen-bond donors (Lipinski definition) is 0. The summed E-state index contributed by atoms with van der Waals surface area (Å²) >= 11 is 0. The van der Waals surface area contributed by atoms with Gasteiger partial charge in [0, 0.05) is 24.2 Å². The Kier molecular flexibility index (Phi) is 6.60. The lowest BCUT2D eigenvalue weighted by molar-refractivity contribution is 0.0236. The van der Waals surface area contributed by atoms with Gasteiger partial charge >= 0.3 is 6.09 Å². The van der Waals surface area contributed by atoms with Crippen molar-refractivity contribution in [3.63, 3.8) is 0 Å². The molecule has 0 radical (unpaired) electrons. The van der Waals surface area contributed by atoms with Crippen LogP contribution in [0.15, 0.2) is 60.2 Å². The molecule has 30 heavy (non-hydrogen) atoms. The minimum absolute atomic E-state index is 0.00966. The second kappa shape index (κ2) is 9.16. The summed E-state index contributed by atoms with van der Waals surface area (Å²) in [6, 6.07) is 16.9. The third-order valence-corrected chi connectivity index (χ3v) is 5.01. The topological polar surface area (TPSA) is 55.8 Å². The molecule has 158 valence electrons. The van der Waals surface area contributed by atoms with Crippen molar-refractivity contribution in [1.29, 1.82) is 0 Å². The Bertz CT molecular complexity index is 914. The molecule has 1 saturated heterocycles. The summed E-state index contributed by atoms with van der Waals surface area (Å²) in [5, 5.41) is 0. The molecule has 1 aliphatic rings. The molecule has 0 N–H and O–H groups in total. The summed E-state index contributed by atoms with van der Waals surface area (Å²) in [7, 11) is 1.60. The van der Waals surface area contributed by atoms with Gasteiger partial charge in [-0.1, -0.05) is 35.9 Å². The van der Waals surface area contributed by atoms with Crippen LogP contribution in [0, 0.1) is 0 Å². The lowest BCUT2D eigenvalue weighted by Gasteiger charge is -2.32. The van der Waals surface area contributed by atoms with Crippen molar-refractivity contribution >= 4 is 17.4 Å². The molecule has 0 unspecified atom stereocenters. The van der Waals surface area contributed by atoms with Gasteiger partial charge in [0.1, 0.15) is 11.4 Å². The van der Waals surface area contributed by atoms with E-state index in [4.69, 9.17) is 9.47 Å². The Hall–Kier alpha value is -3.08. The monoisotopic (exact) mass is 407 g/mol. The average Bonchev–Trinajstić information content (AvgIpc) is 2.74. The average molecular weight is 408 g/mol. The number of piperidine rings is 1. The lowest BCUT2D eigenvalue weighted by atomic mass is 9.88. The Morgan fingerprint density at radius 2 is 1.47 bits per heavy atom. The van der Waals surface area contributed by atoms with Crippen LogP contribution in [-0.4, -0.2) is 42.6 Å². The standard InChI is InChI=1S/C25H29NO4/c1-25(2,3)30-24(28)26-16-14-19(15-17-26)22(18-8-6-5-7-9-18)23(27)20-10-12-21(29-4)13-11-20/h5-13H,14-17H2,1-4H3. The number of amides is 1. The molecule has 0 spiro atoms. The molecule has 5 nitrogen and oxygen atoms in total. The van der Waals surface area contributed by atoms with Gasteiger partial charge in [-0.15, -0.1) is 0 Å². The number of Topliss-reactive ketones (excluding diaryl/α,β-unsaturated/α-hetero) is 1. The minimum atomic E-state index is -0.521. The first-order valence-corrected chi connectivity index (χ1v) is 10.2. The van der Waals surface area contributed by atoms with Crippen LogP contribution in [-0.2, 0) is 4.74 Å². The third-order valence-electron chi connectivity index (χ3n) is 5.01. The van der Waals surface area contributed by atoms with Crippen LogP contribution in [0.5, 0.6) is 5.75 Å². The lowest BCUT2D eigenvalue weighted by Crippen LogP contribution is -2.40. The van der Waals surface area contributed by atoms with Crippen LogP contribution in [0.3, 0.4) is 0 Å². The molecule has 5 heteroatoms. The molecule has 1 aliphatic heterocycles. The largest absolute Gasteiger partial charge is 0.497 e. The van der Waals surface area contributed by atoms with Crippen molar-refractivity contribution in [3.8, 4) is 5.75 Å². The SMILES string of the molecule is COc1ccc(C(=O)C(=C2CCN(C(=O)OC(C)(C)C)CC2)c2ccccc2)cc1. The van der Waals surface area contributed by atoms with Crippen molar-refractivity contribution < 1.29 is 19.1 Å². The Morgan fingerprint density at radius 1 is 0.867 bits per heavy atom. The van der Waals surface area contributed by atoms with Crippen LogP contribution in [0.4, 0.5) is 4.79 Å². The number of allylic oxidation sites excluding steroid dienone is 1. The molecule has 1 fully saturated rings. The van der Waals surface area contributed by atoms with E-state index in [0.29, 0.717) is 37.2 Å². The summed E-state index contributed by atoms with van der Waals surface area (Å²) in [4.78, 5) is 27.5. The van der Waals surface area contributed by atoms with Crippen molar-refractivity contribution in [1.82, 2.24) is 4.90 Å². The zero-order valence-corrected chi connectivity index (χ0v) is 18.1. The summed E-state index contributed by atoms with van der Waals surface area (Å²) in [6.07, 6.45) is 0.987. The fraction of sp³-hybridized carbons (Fsp3) is 0.360. The van der Waals surface area contributed by atoms with Crippen molar-refractivity contribution in [2.75, 3.05) is 20.2 Å². The van der Waals surface area contributed by atoms with Gasteiger partial charge in [-0.3, -0.25) is 4.79 Å². The highest BCUT2D eigenvalue weighted by Crippen LogP contribution is 2.30. The van der Waals surface area contributed by atoms with E-state index in [1.54, 1.807) is 36.3 Å². The number of nitrogens with zero attached hydrogens (tertiary/aromatic N) is 1. The first-order valence-electron chi connectivity index (χ1n) is 10.2. The number of carbonyl (C=O) groups is 2. The van der Waals surface area contributed by atoms with Gasteiger partial charge in [0.2, 0.25) is 0 Å². The molecule has 0 saturated carbocycles. The van der Waals surface area contributed by atoms with Gasteiger partial charge in [0.05, 0.1) is 7.11 Å². The van der Waals surface area contributed by atoms with Gasteiger partial charge in [0.15, 0.2) is 5.78 Å². The maximum Gasteiger partial charge on any atom is 0.410 e. The highest BCUT2D eigenvalue weighted by molar-refractivity contribution is 6.29. The van der Waals surface area contributed by atoms with E-state index in [2.05, 4.69) is 0 Å². The third kappa shape index (κ3) is 5.29. The van der Waals surface area contributed by atoms with E-state index in [9.17, 15) is 9.59 Å². The van der Waals surface area contributed by atoms with E-state index in [-0.39, 0.29) is 11.9 Å². The number of ketones is 1. The summed E-state index contributed by atoms with van der Waals surface area (Å²) in [6.45, 7) is 6.66. The molecular formula is C25H29NO4. The number of benzene rings is 2. The summed E-state index contributed by atoms with van der Waals surface area (Å²) in [5.41, 5.74) is 2.80. The quantitative estimate of drug-likeness (QED) is 0.506. The number of methoxy groups -OCH3 is 1. The molecule has 2 aromatic carbocycles. The highest BCUT2D eigenvalue weighted by Gasteiger charge is 2.27. The molecule has 0 aliphatic carbocycles. The molecule has 1 heterocycles. The second-order valence-electron chi connectivity index (χ2n) is 8.37. The number of ether oxygens (including phenoxy) is 2. The number of hydrogen-bond acceptors (Lipinski definition) is 4. The first-order chi connectivity index (χ1) is 14.3. The Labute approximate surface area is 178 Å². The molecule has 2 aromatic rings.